The molecule has 2 atom stereocenters. The van der Waals surface area contributed by atoms with E-state index in [2.05, 4.69) is 5.32 Å². The average molecular weight is 262 g/mol. The summed E-state index contributed by atoms with van der Waals surface area (Å²) in [6.45, 7) is 0.812. The zero-order chi connectivity index (χ0) is 13.1. The molecule has 0 spiro atoms. The number of rotatable bonds is 4. The second-order valence-corrected chi connectivity index (χ2v) is 8.04. The van der Waals surface area contributed by atoms with Crippen LogP contribution in [0.25, 0.3) is 0 Å². The summed E-state index contributed by atoms with van der Waals surface area (Å²) in [5.41, 5.74) is 6.48. The van der Waals surface area contributed by atoms with Gasteiger partial charge >= 0.3 is 0 Å². The topological polar surface area (TPSA) is 55.1 Å². The zero-order valence-electron chi connectivity index (χ0n) is 11.8. The van der Waals surface area contributed by atoms with Gasteiger partial charge in [0.1, 0.15) is 0 Å². The number of nitrogens with one attached hydrogen (secondary N) is 1. The number of nitrogens with two attached hydrogens (primary N) is 1. The van der Waals surface area contributed by atoms with Gasteiger partial charge in [-0.3, -0.25) is 4.79 Å². The van der Waals surface area contributed by atoms with Crippen LogP contribution in [0.3, 0.4) is 0 Å². The highest BCUT2D eigenvalue weighted by molar-refractivity contribution is 5.81. The third-order valence-electron chi connectivity index (χ3n) is 6.19. The summed E-state index contributed by atoms with van der Waals surface area (Å²) in [6, 6.07) is 0. The third kappa shape index (κ3) is 2.01. The minimum Gasteiger partial charge on any atom is -0.350 e. The molecule has 0 heterocycles. The van der Waals surface area contributed by atoms with Crippen molar-refractivity contribution in [3.05, 3.63) is 0 Å². The molecule has 3 nitrogen and oxygen atoms in total. The highest BCUT2D eigenvalue weighted by Crippen LogP contribution is 2.62. The third-order valence-corrected chi connectivity index (χ3v) is 6.19. The molecule has 0 radical (unpaired) electrons. The van der Waals surface area contributed by atoms with E-state index in [0.717, 1.165) is 31.2 Å². The lowest BCUT2D eigenvalue weighted by atomic mass is 9.46. The van der Waals surface area contributed by atoms with Crippen molar-refractivity contribution < 1.29 is 4.79 Å². The first kappa shape index (κ1) is 12.2. The average Bonchev–Trinajstić information content (AvgIpc) is 3.08. The molecule has 5 saturated carbocycles. The summed E-state index contributed by atoms with van der Waals surface area (Å²) in [7, 11) is 0. The van der Waals surface area contributed by atoms with Gasteiger partial charge < -0.3 is 11.1 Å². The maximum absolute atomic E-state index is 12.2. The second kappa shape index (κ2) is 3.97. The van der Waals surface area contributed by atoms with Gasteiger partial charge in [0.25, 0.3) is 0 Å². The fourth-order valence-corrected chi connectivity index (χ4v) is 5.91. The fourth-order valence-electron chi connectivity index (χ4n) is 5.91. The standard InChI is InChI=1S/C16H26N2O/c17-4-3-15-6-11-5-12(7-15)9-16(8-11,10-15)18-14(19)13-1-2-13/h11-13H,1-10,17H2,(H,18,19). The molecular formula is C16H26N2O. The van der Waals surface area contributed by atoms with Crippen molar-refractivity contribution in [2.75, 3.05) is 6.54 Å². The van der Waals surface area contributed by atoms with Crippen molar-refractivity contribution in [3.8, 4) is 0 Å². The molecule has 4 bridgehead atoms. The summed E-state index contributed by atoms with van der Waals surface area (Å²) < 4.78 is 0. The van der Waals surface area contributed by atoms with Crippen LogP contribution in [0.15, 0.2) is 0 Å². The molecule has 0 aliphatic heterocycles. The highest BCUT2D eigenvalue weighted by atomic mass is 16.2. The monoisotopic (exact) mass is 262 g/mol. The van der Waals surface area contributed by atoms with E-state index in [9.17, 15) is 4.79 Å². The Kier molecular flexibility index (Phi) is 2.55. The lowest BCUT2D eigenvalue weighted by molar-refractivity contribution is -0.132. The Morgan fingerprint density at radius 1 is 1.16 bits per heavy atom. The first-order valence-electron chi connectivity index (χ1n) is 8.14. The molecule has 0 aromatic heterocycles. The van der Waals surface area contributed by atoms with Gasteiger partial charge in [0.15, 0.2) is 0 Å². The molecule has 2 unspecified atom stereocenters. The van der Waals surface area contributed by atoms with Gasteiger partial charge in [-0.25, -0.2) is 0 Å². The molecule has 5 fully saturated rings. The summed E-state index contributed by atoms with van der Waals surface area (Å²) in [5.74, 6) is 2.41. The lowest BCUT2D eigenvalue weighted by Crippen LogP contribution is -2.63. The highest BCUT2D eigenvalue weighted by Gasteiger charge is 2.58. The van der Waals surface area contributed by atoms with Crippen LogP contribution in [0, 0.1) is 23.2 Å². The second-order valence-electron chi connectivity index (χ2n) is 8.04. The van der Waals surface area contributed by atoms with Gasteiger partial charge in [-0.05, 0) is 81.6 Å². The van der Waals surface area contributed by atoms with E-state index in [1.54, 1.807) is 0 Å². The molecule has 106 valence electrons. The van der Waals surface area contributed by atoms with Crippen LogP contribution in [0.5, 0.6) is 0 Å². The van der Waals surface area contributed by atoms with Crippen molar-refractivity contribution in [2.24, 2.45) is 28.9 Å². The first-order chi connectivity index (χ1) is 9.12. The molecule has 5 aliphatic carbocycles. The van der Waals surface area contributed by atoms with Crippen LogP contribution in [-0.2, 0) is 4.79 Å². The van der Waals surface area contributed by atoms with Gasteiger partial charge in [-0.15, -0.1) is 0 Å². The quantitative estimate of drug-likeness (QED) is 0.816. The first-order valence-corrected chi connectivity index (χ1v) is 8.14. The van der Waals surface area contributed by atoms with E-state index >= 15 is 0 Å². The van der Waals surface area contributed by atoms with E-state index in [0.29, 0.717) is 17.2 Å². The maximum Gasteiger partial charge on any atom is 0.223 e. The van der Waals surface area contributed by atoms with Crippen molar-refractivity contribution in [1.29, 1.82) is 0 Å². The minimum absolute atomic E-state index is 0.152. The van der Waals surface area contributed by atoms with Crippen LogP contribution in [0.1, 0.15) is 57.8 Å². The van der Waals surface area contributed by atoms with E-state index in [1.807, 2.05) is 0 Å². The molecule has 1 amide bonds. The molecule has 3 N–H and O–H groups in total. The molecule has 5 aliphatic rings. The Balaban J connectivity index is 1.56. The van der Waals surface area contributed by atoms with Gasteiger partial charge in [0.2, 0.25) is 5.91 Å². The number of hydrogen-bond acceptors (Lipinski definition) is 2. The zero-order valence-corrected chi connectivity index (χ0v) is 11.8. The Morgan fingerprint density at radius 2 is 1.84 bits per heavy atom. The van der Waals surface area contributed by atoms with Crippen LogP contribution in [0.4, 0.5) is 0 Å². The van der Waals surface area contributed by atoms with Crippen molar-refractivity contribution >= 4 is 5.91 Å². The van der Waals surface area contributed by atoms with Gasteiger partial charge in [0, 0.05) is 11.5 Å². The summed E-state index contributed by atoms with van der Waals surface area (Å²) in [5, 5.41) is 3.49. The lowest BCUT2D eigenvalue weighted by Gasteiger charge is -2.62. The molecule has 0 aromatic carbocycles. The Morgan fingerprint density at radius 3 is 2.42 bits per heavy atom. The summed E-state index contributed by atoms with van der Waals surface area (Å²) >= 11 is 0. The molecule has 3 heteroatoms. The predicted molar refractivity (Wildman–Crippen MR) is 74.4 cm³/mol. The molecule has 5 rings (SSSR count). The Labute approximate surface area is 115 Å². The number of carbonyl (C=O) groups is 1. The SMILES string of the molecule is NCCC12CC3CC(C1)CC(NC(=O)C1CC1)(C3)C2. The Bertz CT molecular complexity index is 388. The molecular weight excluding hydrogens is 236 g/mol. The number of carbonyl (C=O) groups excluding carboxylic acids is 1. The largest absolute Gasteiger partial charge is 0.350 e. The van der Waals surface area contributed by atoms with Crippen molar-refractivity contribution in [2.45, 2.75) is 63.3 Å². The van der Waals surface area contributed by atoms with Crippen molar-refractivity contribution in [3.63, 3.8) is 0 Å². The van der Waals surface area contributed by atoms with Crippen LogP contribution < -0.4 is 11.1 Å². The summed E-state index contributed by atoms with van der Waals surface area (Å²) in [6.07, 6.45) is 11.3. The van der Waals surface area contributed by atoms with E-state index < -0.39 is 0 Å². The van der Waals surface area contributed by atoms with Crippen LogP contribution in [-0.4, -0.2) is 18.0 Å². The van der Waals surface area contributed by atoms with Gasteiger partial charge in [0.05, 0.1) is 0 Å². The van der Waals surface area contributed by atoms with E-state index in [4.69, 9.17) is 5.73 Å². The smallest absolute Gasteiger partial charge is 0.223 e. The van der Waals surface area contributed by atoms with Crippen LogP contribution in [0.2, 0.25) is 0 Å². The van der Waals surface area contributed by atoms with E-state index in [1.165, 1.54) is 44.9 Å². The summed E-state index contributed by atoms with van der Waals surface area (Å²) in [4.78, 5) is 12.2. The molecule has 0 saturated heterocycles. The number of amides is 1. The molecule has 19 heavy (non-hydrogen) atoms. The fraction of sp³-hybridized carbons (Fsp3) is 0.938. The predicted octanol–water partition coefficient (Wildman–Crippen LogP) is 2.20. The normalized spacial score (nSPS) is 47.4. The van der Waals surface area contributed by atoms with E-state index in [-0.39, 0.29) is 5.54 Å². The van der Waals surface area contributed by atoms with Gasteiger partial charge in [-0.2, -0.15) is 0 Å². The Hall–Kier alpha value is -0.570. The number of hydrogen-bond donors (Lipinski definition) is 2. The maximum atomic E-state index is 12.2. The minimum atomic E-state index is 0.152. The van der Waals surface area contributed by atoms with Crippen LogP contribution >= 0.6 is 0 Å². The van der Waals surface area contributed by atoms with Crippen molar-refractivity contribution in [1.82, 2.24) is 5.32 Å². The molecule has 0 aromatic rings. The van der Waals surface area contributed by atoms with Gasteiger partial charge in [-0.1, -0.05) is 0 Å².